The number of benzene rings is 2. The Morgan fingerprint density at radius 2 is 1.77 bits per heavy atom. The highest BCUT2D eigenvalue weighted by Gasteiger charge is 2.31. The molecule has 3 aromatic rings. The molecule has 2 heterocycles. The van der Waals surface area contributed by atoms with E-state index in [0.717, 1.165) is 34.2 Å². The summed E-state index contributed by atoms with van der Waals surface area (Å²) in [4.78, 5) is 0.295. The number of nitrogens with zero attached hydrogens (tertiary/aromatic N) is 3. The minimum atomic E-state index is -3.52. The zero-order chi connectivity index (χ0) is 21.8. The molecular weight excluding hydrogens is 434 g/mol. The molecule has 0 unspecified atom stereocenters. The van der Waals surface area contributed by atoms with Crippen LogP contribution < -0.4 is 9.47 Å². The Kier molecular flexibility index (Phi) is 6.54. The van der Waals surface area contributed by atoms with Gasteiger partial charge in [-0.3, -0.25) is 0 Å². The van der Waals surface area contributed by atoms with Gasteiger partial charge in [0.15, 0.2) is 5.01 Å². The van der Waals surface area contributed by atoms with Crippen LogP contribution in [0.25, 0.3) is 10.6 Å². The maximum atomic E-state index is 13.0. The van der Waals surface area contributed by atoms with Crippen molar-refractivity contribution in [2.45, 2.75) is 30.6 Å². The first-order valence-electron chi connectivity index (χ1n) is 10.2. The number of piperidine rings is 1. The van der Waals surface area contributed by atoms with E-state index in [-0.39, 0.29) is 5.92 Å². The van der Waals surface area contributed by atoms with Crippen LogP contribution in [0.1, 0.15) is 30.7 Å². The molecule has 0 radical (unpaired) electrons. The minimum absolute atomic E-state index is 0.202. The van der Waals surface area contributed by atoms with Crippen molar-refractivity contribution >= 4 is 21.4 Å². The van der Waals surface area contributed by atoms with Crippen molar-refractivity contribution in [3.8, 4) is 22.1 Å². The molecule has 1 aliphatic rings. The molecule has 7 nitrogen and oxygen atoms in total. The Morgan fingerprint density at radius 3 is 2.45 bits per heavy atom. The second-order valence-corrected chi connectivity index (χ2v) is 10.2. The van der Waals surface area contributed by atoms with Crippen LogP contribution in [0.4, 0.5) is 0 Å². The first-order valence-corrected chi connectivity index (χ1v) is 12.5. The van der Waals surface area contributed by atoms with Crippen LogP contribution in [0, 0.1) is 0 Å². The molecule has 2 aromatic carbocycles. The number of hydrogen-bond acceptors (Lipinski definition) is 7. The summed E-state index contributed by atoms with van der Waals surface area (Å²) in [5, 5.41) is 10.5. The Morgan fingerprint density at radius 1 is 1.06 bits per heavy atom. The SMILES string of the molecule is CCOc1ccc(S(=O)(=O)N2CCC(c3nnc(-c4ccccc4OC)s3)CC2)cc1. The molecule has 0 atom stereocenters. The molecule has 0 N–H and O–H groups in total. The van der Waals surface area contributed by atoms with Gasteiger partial charge >= 0.3 is 0 Å². The van der Waals surface area contributed by atoms with Crippen LogP contribution in [0.2, 0.25) is 0 Å². The molecule has 0 bridgehead atoms. The van der Waals surface area contributed by atoms with Crippen molar-refractivity contribution < 1.29 is 17.9 Å². The van der Waals surface area contributed by atoms with Crippen LogP contribution in [0.5, 0.6) is 11.5 Å². The van der Waals surface area contributed by atoms with Crippen LogP contribution >= 0.6 is 11.3 Å². The highest BCUT2D eigenvalue weighted by molar-refractivity contribution is 7.89. The fourth-order valence-electron chi connectivity index (χ4n) is 3.70. The van der Waals surface area contributed by atoms with Crippen molar-refractivity contribution in [1.29, 1.82) is 0 Å². The highest BCUT2D eigenvalue weighted by Crippen LogP contribution is 2.37. The van der Waals surface area contributed by atoms with Crippen molar-refractivity contribution in [2.24, 2.45) is 0 Å². The summed E-state index contributed by atoms with van der Waals surface area (Å²) >= 11 is 1.55. The molecule has 1 aromatic heterocycles. The van der Waals surface area contributed by atoms with E-state index in [1.54, 1.807) is 47.0 Å². The predicted octanol–water partition coefficient (Wildman–Crippen LogP) is 4.18. The van der Waals surface area contributed by atoms with Gasteiger partial charge in [0, 0.05) is 19.0 Å². The van der Waals surface area contributed by atoms with Gasteiger partial charge in [-0.15, -0.1) is 10.2 Å². The molecule has 0 aliphatic carbocycles. The second-order valence-electron chi connectivity index (χ2n) is 7.23. The summed E-state index contributed by atoms with van der Waals surface area (Å²) in [6.07, 6.45) is 1.44. The Balaban J connectivity index is 1.43. The number of ether oxygens (including phenoxy) is 2. The predicted molar refractivity (Wildman–Crippen MR) is 120 cm³/mol. The van der Waals surface area contributed by atoms with E-state index in [1.807, 2.05) is 31.2 Å². The zero-order valence-corrected chi connectivity index (χ0v) is 19.2. The average Bonchev–Trinajstić information content (AvgIpc) is 3.30. The van der Waals surface area contributed by atoms with E-state index in [1.165, 1.54) is 0 Å². The van der Waals surface area contributed by atoms with Crippen LogP contribution in [-0.4, -0.2) is 49.7 Å². The molecule has 164 valence electrons. The van der Waals surface area contributed by atoms with E-state index in [0.29, 0.717) is 30.3 Å². The van der Waals surface area contributed by atoms with Crippen molar-refractivity contribution in [3.63, 3.8) is 0 Å². The topological polar surface area (TPSA) is 81.6 Å². The van der Waals surface area contributed by atoms with Gasteiger partial charge in [-0.25, -0.2) is 8.42 Å². The largest absolute Gasteiger partial charge is 0.496 e. The van der Waals surface area contributed by atoms with Gasteiger partial charge in [0.1, 0.15) is 16.5 Å². The summed E-state index contributed by atoms with van der Waals surface area (Å²) in [5.74, 6) is 1.64. The number of sulfonamides is 1. The van der Waals surface area contributed by atoms with E-state index < -0.39 is 10.0 Å². The Labute approximate surface area is 186 Å². The third kappa shape index (κ3) is 4.58. The van der Waals surface area contributed by atoms with E-state index in [4.69, 9.17) is 9.47 Å². The number of rotatable bonds is 7. The first kappa shape index (κ1) is 21.7. The normalized spacial score (nSPS) is 15.7. The first-order chi connectivity index (χ1) is 15.0. The van der Waals surface area contributed by atoms with Crippen molar-refractivity contribution in [3.05, 3.63) is 53.5 Å². The van der Waals surface area contributed by atoms with Gasteiger partial charge in [0.05, 0.1) is 24.2 Å². The van der Waals surface area contributed by atoms with E-state index in [2.05, 4.69) is 10.2 Å². The third-order valence-corrected chi connectivity index (χ3v) is 8.39. The van der Waals surface area contributed by atoms with Gasteiger partial charge in [0.25, 0.3) is 0 Å². The summed E-state index contributed by atoms with van der Waals surface area (Å²) in [6.45, 7) is 3.36. The molecular formula is C22H25N3O4S2. The molecule has 31 heavy (non-hydrogen) atoms. The lowest BCUT2D eigenvalue weighted by molar-refractivity contribution is 0.318. The molecule has 0 saturated carbocycles. The fraction of sp³-hybridized carbons (Fsp3) is 0.364. The number of hydrogen-bond donors (Lipinski definition) is 0. The lowest BCUT2D eigenvalue weighted by atomic mass is 9.99. The molecule has 1 aliphatic heterocycles. The molecule has 1 saturated heterocycles. The minimum Gasteiger partial charge on any atom is -0.496 e. The van der Waals surface area contributed by atoms with E-state index in [9.17, 15) is 8.42 Å². The summed E-state index contributed by atoms with van der Waals surface area (Å²) in [7, 11) is -1.88. The number of aromatic nitrogens is 2. The smallest absolute Gasteiger partial charge is 0.243 e. The number of methoxy groups -OCH3 is 1. The van der Waals surface area contributed by atoms with Gasteiger partial charge < -0.3 is 9.47 Å². The molecule has 0 amide bonds. The molecule has 4 rings (SSSR count). The molecule has 0 spiro atoms. The lowest BCUT2D eigenvalue weighted by Crippen LogP contribution is -2.37. The van der Waals surface area contributed by atoms with E-state index >= 15 is 0 Å². The van der Waals surface area contributed by atoms with Gasteiger partial charge in [-0.2, -0.15) is 4.31 Å². The quantitative estimate of drug-likeness (QED) is 0.527. The van der Waals surface area contributed by atoms with Gasteiger partial charge in [-0.1, -0.05) is 23.5 Å². The molecule has 9 heteroatoms. The second kappa shape index (κ2) is 9.33. The average molecular weight is 460 g/mol. The third-order valence-electron chi connectivity index (χ3n) is 5.35. The monoisotopic (exact) mass is 459 g/mol. The summed E-state index contributed by atoms with van der Waals surface area (Å²) in [5.41, 5.74) is 0.921. The maximum absolute atomic E-state index is 13.0. The molecule has 1 fully saturated rings. The van der Waals surface area contributed by atoms with Crippen LogP contribution in [-0.2, 0) is 10.0 Å². The summed E-state index contributed by atoms with van der Waals surface area (Å²) < 4.78 is 38.4. The maximum Gasteiger partial charge on any atom is 0.243 e. The Hall–Kier alpha value is -2.49. The van der Waals surface area contributed by atoms with Crippen molar-refractivity contribution in [1.82, 2.24) is 14.5 Å². The highest BCUT2D eigenvalue weighted by atomic mass is 32.2. The van der Waals surface area contributed by atoms with Crippen LogP contribution in [0.15, 0.2) is 53.4 Å². The fourth-order valence-corrected chi connectivity index (χ4v) is 6.21. The number of para-hydroxylation sites is 1. The van der Waals surface area contributed by atoms with Crippen LogP contribution in [0.3, 0.4) is 0 Å². The summed E-state index contributed by atoms with van der Waals surface area (Å²) in [6, 6.07) is 14.4. The van der Waals surface area contributed by atoms with Crippen molar-refractivity contribution in [2.75, 3.05) is 26.8 Å². The standard InChI is InChI=1S/C22H25N3O4S2/c1-3-29-17-8-10-18(11-9-17)31(26,27)25-14-12-16(13-15-25)21-23-24-22(30-21)19-6-4-5-7-20(19)28-2/h4-11,16H,3,12-15H2,1-2H3. The lowest BCUT2D eigenvalue weighted by Gasteiger charge is -2.30. The van der Waals surface area contributed by atoms with Gasteiger partial charge in [0.2, 0.25) is 10.0 Å². The Bertz CT molecular complexity index is 1120. The van der Waals surface area contributed by atoms with Gasteiger partial charge in [-0.05, 0) is 56.2 Å². The zero-order valence-electron chi connectivity index (χ0n) is 17.5.